The second kappa shape index (κ2) is 6.95. The maximum atomic E-state index is 10.5. The van der Waals surface area contributed by atoms with Crippen molar-refractivity contribution in [1.29, 1.82) is 0 Å². The number of benzene rings is 2. The molecule has 0 spiro atoms. The Labute approximate surface area is 116 Å². The molecule has 0 unspecified atom stereocenters. The highest BCUT2D eigenvalue weighted by molar-refractivity contribution is 5.79. The van der Waals surface area contributed by atoms with E-state index in [1.54, 1.807) is 12.1 Å². The molecule has 0 saturated heterocycles. The summed E-state index contributed by atoms with van der Waals surface area (Å²) in [6.45, 7) is 0.389. The zero-order chi connectivity index (χ0) is 14.2. The molecule has 0 fully saturated rings. The van der Waals surface area contributed by atoms with Crippen LogP contribution in [0.25, 0.3) is 11.1 Å². The first kappa shape index (κ1) is 13.6. The van der Waals surface area contributed by atoms with Crippen molar-refractivity contribution in [2.24, 2.45) is 9.98 Å². The zero-order valence-electron chi connectivity index (χ0n) is 10.7. The van der Waals surface area contributed by atoms with Gasteiger partial charge in [-0.05, 0) is 23.6 Å². The highest BCUT2D eigenvalue weighted by Gasteiger charge is 2.08. The Hall–Kier alpha value is -2.80. The molecule has 2 aromatic rings. The van der Waals surface area contributed by atoms with Gasteiger partial charge in [0.1, 0.15) is 0 Å². The molecular formula is C16H12N2O2. The van der Waals surface area contributed by atoms with Crippen LogP contribution >= 0.6 is 0 Å². The van der Waals surface area contributed by atoms with E-state index in [-0.39, 0.29) is 0 Å². The van der Waals surface area contributed by atoms with Crippen LogP contribution < -0.4 is 0 Å². The number of isocyanates is 2. The highest BCUT2D eigenvalue weighted by atomic mass is 16.1. The van der Waals surface area contributed by atoms with Crippen LogP contribution in [0.3, 0.4) is 0 Å². The fourth-order valence-corrected chi connectivity index (χ4v) is 2.07. The topological polar surface area (TPSA) is 58.9 Å². The molecule has 98 valence electrons. The Morgan fingerprint density at radius 1 is 0.850 bits per heavy atom. The van der Waals surface area contributed by atoms with Crippen molar-refractivity contribution >= 4 is 17.8 Å². The molecular weight excluding hydrogens is 252 g/mol. The fourth-order valence-electron chi connectivity index (χ4n) is 2.07. The molecule has 2 aromatic carbocycles. The molecule has 20 heavy (non-hydrogen) atoms. The van der Waals surface area contributed by atoms with E-state index in [0.29, 0.717) is 18.7 Å². The van der Waals surface area contributed by atoms with Crippen LogP contribution in [-0.4, -0.2) is 18.7 Å². The largest absolute Gasteiger partial charge is 0.240 e. The number of para-hydroxylation sites is 1. The van der Waals surface area contributed by atoms with Crippen LogP contribution in [0.1, 0.15) is 5.56 Å². The average Bonchev–Trinajstić information content (AvgIpc) is 2.49. The van der Waals surface area contributed by atoms with Crippen LogP contribution in [0.4, 0.5) is 5.69 Å². The van der Waals surface area contributed by atoms with Crippen LogP contribution in [0, 0.1) is 0 Å². The summed E-state index contributed by atoms with van der Waals surface area (Å²) in [5.41, 5.74) is 3.46. The number of carbonyl (C=O) groups excluding carboxylic acids is 2. The molecule has 0 saturated carbocycles. The van der Waals surface area contributed by atoms with Crippen molar-refractivity contribution in [3.05, 3.63) is 54.1 Å². The fraction of sp³-hybridized carbons (Fsp3) is 0.125. The summed E-state index contributed by atoms with van der Waals surface area (Å²) in [4.78, 5) is 27.9. The summed E-state index contributed by atoms with van der Waals surface area (Å²) in [6, 6.07) is 15.1. The van der Waals surface area contributed by atoms with Gasteiger partial charge in [-0.25, -0.2) is 14.6 Å². The lowest BCUT2D eigenvalue weighted by atomic mass is 9.96. The van der Waals surface area contributed by atoms with Crippen LogP contribution in [0.5, 0.6) is 0 Å². The van der Waals surface area contributed by atoms with Gasteiger partial charge in [0.2, 0.25) is 12.2 Å². The number of aliphatic imine (C=N–C) groups is 2. The lowest BCUT2D eigenvalue weighted by Gasteiger charge is -2.10. The van der Waals surface area contributed by atoms with Crippen molar-refractivity contribution in [1.82, 2.24) is 0 Å². The number of rotatable bonds is 5. The Morgan fingerprint density at radius 2 is 1.55 bits per heavy atom. The van der Waals surface area contributed by atoms with Crippen LogP contribution in [-0.2, 0) is 16.0 Å². The monoisotopic (exact) mass is 264 g/mol. The lowest BCUT2D eigenvalue weighted by Crippen LogP contribution is -1.93. The summed E-state index contributed by atoms with van der Waals surface area (Å²) < 4.78 is 0. The van der Waals surface area contributed by atoms with Gasteiger partial charge in [-0.2, -0.15) is 4.99 Å². The Morgan fingerprint density at radius 3 is 2.30 bits per heavy atom. The van der Waals surface area contributed by atoms with Gasteiger partial charge in [0.25, 0.3) is 0 Å². The Bertz CT molecular complexity index is 697. The van der Waals surface area contributed by atoms with Gasteiger partial charge in [0.05, 0.1) is 12.2 Å². The van der Waals surface area contributed by atoms with Gasteiger partial charge >= 0.3 is 0 Å². The van der Waals surface area contributed by atoms with Crippen molar-refractivity contribution in [3.8, 4) is 11.1 Å². The van der Waals surface area contributed by atoms with Gasteiger partial charge in [0.15, 0.2) is 0 Å². The second-order valence-electron chi connectivity index (χ2n) is 4.10. The molecule has 0 aliphatic carbocycles. The number of hydrogen-bond donors (Lipinski definition) is 0. The van der Waals surface area contributed by atoms with E-state index in [4.69, 9.17) is 0 Å². The number of nitrogens with zero attached hydrogens (tertiary/aromatic N) is 2. The first-order valence-corrected chi connectivity index (χ1v) is 6.15. The third kappa shape index (κ3) is 3.15. The quantitative estimate of drug-likeness (QED) is 0.615. The molecule has 0 heterocycles. The maximum Gasteiger partial charge on any atom is 0.240 e. The molecule has 0 N–H and O–H groups in total. The van der Waals surface area contributed by atoms with E-state index in [2.05, 4.69) is 9.98 Å². The van der Waals surface area contributed by atoms with E-state index in [1.165, 1.54) is 6.08 Å². The third-order valence-electron chi connectivity index (χ3n) is 2.94. The first-order chi connectivity index (χ1) is 9.86. The predicted molar refractivity (Wildman–Crippen MR) is 76.4 cm³/mol. The summed E-state index contributed by atoms with van der Waals surface area (Å²) >= 11 is 0. The molecule has 2 rings (SSSR count). The van der Waals surface area contributed by atoms with Gasteiger partial charge in [0, 0.05) is 5.56 Å². The standard InChI is InChI=1S/C16H12N2O2/c19-11-17-10-9-13-5-1-2-6-14(13)15-7-3-4-8-16(15)18-12-20/h1-8H,9-10H2. The SMILES string of the molecule is O=C=NCCc1ccccc1-c1ccccc1N=C=O. The van der Waals surface area contributed by atoms with Crippen molar-refractivity contribution in [2.45, 2.75) is 6.42 Å². The molecule has 0 bridgehead atoms. The second-order valence-corrected chi connectivity index (χ2v) is 4.10. The molecule has 4 nitrogen and oxygen atoms in total. The summed E-state index contributed by atoms with van der Waals surface area (Å²) in [6.07, 6.45) is 3.73. The highest BCUT2D eigenvalue weighted by Crippen LogP contribution is 2.32. The molecule has 0 aliphatic rings. The third-order valence-corrected chi connectivity index (χ3v) is 2.94. The van der Waals surface area contributed by atoms with Gasteiger partial charge in [-0.3, -0.25) is 0 Å². The Kier molecular flexibility index (Phi) is 4.74. The maximum absolute atomic E-state index is 10.5. The molecule has 4 heteroatoms. The van der Waals surface area contributed by atoms with Gasteiger partial charge in [-0.1, -0.05) is 42.5 Å². The van der Waals surface area contributed by atoms with Crippen molar-refractivity contribution in [2.75, 3.05) is 6.54 Å². The van der Waals surface area contributed by atoms with E-state index in [1.807, 2.05) is 42.5 Å². The number of hydrogen-bond acceptors (Lipinski definition) is 4. The normalized spacial score (nSPS) is 9.40. The molecule has 0 radical (unpaired) electrons. The van der Waals surface area contributed by atoms with E-state index >= 15 is 0 Å². The Balaban J connectivity index is 2.47. The zero-order valence-corrected chi connectivity index (χ0v) is 10.7. The average molecular weight is 264 g/mol. The van der Waals surface area contributed by atoms with Gasteiger partial charge < -0.3 is 0 Å². The summed E-state index contributed by atoms with van der Waals surface area (Å²) in [5.74, 6) is 0. The summed E-state index contributed by atoms with van der Waals surface area (Å²) in [7, 11) is 0. The van der Waals surface area contributed by atoms with Crippen LogP contribution in [0.2, 0.25) is 0 Å². The van der Waals surface area contributed by atoms with Gasteiger partial charge in [-0.15, -0.1) is 0 Å². The smallest absolute Gasteiger partial charge is 0.211 e. The van der Waals surface area contributed by atoms with Crippen molar-refractivity contribution in [3.63, 3.8) is 0 Å². The summed E-state index contributed by atoms with van der Waals surface area (Å²) in [5, 5.41) is 0. The van der Waals surface area contributed by atoms with Crippen molar-refractivity contribution < 1.29 is 9.59 Å². The first-order valence-electron chi connectivity index (χ1n) is 6.15. The molecule has 0 amide bonds. The molecule has 0 aromatic heterocycles. The predicted octanol–water partition coefficient (Wildman–Crippen LogP) is 3.20. The minimum absolute atomic E-state index is 0.389. The van der Waals surface area contributed by atoms with E-state index < -0.39 is 0 Å². The molecule has 0 atom stereocenters. The van der Waals surface area contributed by atoms with E-state index in [9.17, 15) is 9.59 Å². The minimum atomic E-state index is 0.389. The molecule has 0 aliphatic heterocycles. The lowest BCUT2D eigenvalue weighted by molar-refractivity contribution is 0.562. The minimum Gasteiger partial charge on any atom is -0.211 e. The van der Waals surface area contributed by atoms with Crippen LogP contribution in [0.15, 0.2) is 58.5 Å². The van der Waals surface area contributed by atoms with E-state index in [0.717, 1.165) is 16.7 Å².